The van der Waals surface area contributed by atoms with Gasteiger partial charge in [0.1, 0.15) is 5.82 Å². The Hall–Kier alpha value is -1.10. The first-order chi connectivity index (χ1) is 8.21. The third-order valence-electron chi connectivity index (χ3n) is 4.03. The minimum atomic E-state index is -0.106. The van der Waals surface area contributed by atoms with Gasteiger partial charge in [0.15, 0.2) is 0 Å². The molecular formula is C12H22N4O. The Bertz CT molecular complexity index is 414. The smallest absolute Gasteiger partial charge is 0.330 e. The molecule has 0 bridgehead atoms. The number of aromatic nitrogens is 3. The normalized spacial score (nSPS) is 19.4. The summed E-state index contributed by atoms with van der Waals surface area (Å²) in [6.07, 6.45) is 6.96. The zero-order valence-corrected chi connectivity index (χ0v) is 10.5. The largest absolute Gasteiger partial charge is 0.343 e. The molecule has 5 heteroatoms. The highest BCUT2D eigenvalue weighted by molar-refractivity contribution is 4.96. The second kappa shape index (κ2) is 5.04. The number of H-pyrrole nitrogens is 1. The highest BCUT2D eigenvalue weighted by atomic mass is 16.1. The van der Waals surface area contributed by atoms with E-state index < -0.39 is 0 Å². The van der Waals surface area contributed by atoms with Gasteiger partial charge in [0.25, 0.3) is 0 Å². The van der Waals surface area contributed by atoms with E-state index >= 15 is 0 Å². The summed E-state index contributed by atoms with van der Waals surface area (Å²) in [4.78, 5) is 11.5. The zero-order chi connectivity index (χ0) is 12.3. The van der Waals surface area contributed by atoms with Crippen LogP contribution in [0.2, 0.25) is 0 Å². The Kier molecular flexibility index (Phi) is 3.66. The molecule has 1 saturated carbocycles. The van der Waals surface area contributed by atoms with E-state index in [0.29, 0.717) is 13.1 Å². The van der Waals surface area contributed by atoms with Crippen molar-refractivity contribution in [3.05, 3.63) is 16.3 Å². The van der Waals surface area contributed by atoms with Gasteiger partial charge in [-0.15, -0.1) is 0 Å². The third-order valence-corrected chi connectivity index (χ3v) is 4.03. The van der Waals surface area contributed by atoms with Crippen LogP contribution in [-0.2, 0) is 13.0 Å². The van der Waals surface area contributed by atoms with Crippen LogP contribution in [0.3, 0.4) is 0 Å². The number of nitrogens with zero attached hydrogens (tertiary/aromatic N) is 2. The molecule has 1 aromatic rings. The van der Waals surface area contributed by atoms with Gasteiger partial charge >= 0.3 is 5.69 Å². The molecule has 0 spiro atoms. The average molecular weight is 238 g/mol. The Morgan fingerprint density at radius 2 is 2.12 bits per heavy atom. The van der Waals surface area contributed by atoms with Crippen molar-refractivity contribution in [3.8, 4) is 0 Å². The number of rotatable bonds is 4. The van der Waals surface area contributed by atoms with Crippen molar-refractivity contribution in [2.45, 2.75) is 52.0 Å². The van der Waals surface area contributed by atoms with E-state index in [1.807, 2.05) is 6.92 Å². The number of hydrogen-bond acceptors (Lipinski definition) is 3. The number of nitrogens with two attached hydrogens (primary N) is 1. The van der Waals surface area contributed by atoms with Crippen LogP contribution in [0.15, 0.2) is 4.79 Å². The molecule has 0 radical (unpaired) electrons. The van der Waals surface area contributed by atoms with Crippen LogP contribution >= 0.6 is 0 Å². The molecule has 96 valence electrons. The fourth-order valence-corrected chi connectivity index (χ4v) is 2.90. The van der Waals surface area contributed by atoms with Crippen LogP contribution in [-0.4, -0.2) is 21.3 Å². The lowest BCUT2D eigenvalue weighted by atomic mass is 9.71. The number of hydrogen-bond donors (Lipinski definition) is 2. The Labute approximate surface area is 101 Å². The highest BCUT2D eigenvalue weighted by Gasteiger charge is 2.32. The topological polar surface area (TPSA) is 76.7 Å². The van der Waals surface area contributed by atoms with Gasteiger partial charge in [-0.25, -0.2) is 9.89 Å². The summed E-state index contributed by atoms with van der Waals surface area (Å²) in [5.74, 6) is 0.866. The fourth-order valence-electron chi connectivity index (χ4n) is 2.90. The van der Waals surface area contributed by atoms with Gasteiger partial charge in [0.2, 0.25) is 0 Å². The van der Waals surface area contributed by atoms with Crippen molar-refractivity contribution in [3.63, 3.8) is 0 Å². The molecule has 1 aliphatic carbocycles. The van der Waals surface area contributed by atoms with Gasteiger partial charge in [-0.2, -0.15) is 5.10 Å². The van der Waals surface area contributed by atoms with E-state index in [1.54, 1.807) is 4.57 Å². The van der Waals surface area contributed by atoms with Gasteiger partial charge < -0.3 is 5.73 Å². The predicted molar refractivity (Wildman–Crippen MR) is 66.8 cm³/mol. The zero-order valence-electron chi connectivity index (χ0n) is 10.5. The van der Waals surface area contributed by atoms with Gasteiger partial charge in [-0.1, -0.05) is 19.3 Å². The summed E-state index contributed by atoms with van der Waals surface area (Å²) in [6, 6.07) is 0. The van der Waals surface area contributed by atoms with Crippen LogP contribution in [0.25, 0.3) is 0 Å². The lowest BCUT2D eigenvalue weighted by Crippen LogP contribution is -2.36. The monoisotopic (exact) mass is 238 g/mol. The summed E-state index contributed by atoms with van der Waals surface area (Å²) in [5, 5.41) is 6.68. The SMILES string of the molecule is CCn1c(CC2(CN)CCCCC2)n[nH]c1=O. The van der Waals surface area contributed by atoms with Crippen LogP contribution in [0, 0.1) is 5.41 Å². The fraction of sp³-hybridized carbons (Fsp3) is 0.833. The van der Waals surface area contributed by atoms with Crippen molar-refractivity contribution in [2.75, 3.05) is 6.54 Å². The Morgan fingerprint density at radius 3 is 2.71 bits per heavy atom. The molecule has 17 heavy (non-hydrogen) atoms. The second-order valence-corrected chi connectivity index (χ2v) is 5.13. The van der Waals surface area contributed by atoms with Crippen molar-refractivity contribution in [2.24, 2.45) is 11.1 Å². The van der Waals surface area contributed by atoms with Crippen LogP contribution < -0.4 is 11.4 Å². The molecule has 3 N–H and O–H groups in total. The second-order valence-electron chi connectivity index (χ2n) is 5.13. The maximum absolute atomic E-state index is 11.5. The van der Waals surface area contributed by atoms with Crippen LogP contribution in [0.4, 0.5) is 0 Å². The molecular weight excluding hydrogens is 216 g/mol. The molecule has 0 saturated heterocycles. The maximum Gasteiger partial charge on any atom is 0.343 e. The Balaban J connectivity index is 2.20. The first kappa shape index (κ1) is 12.4. The van der Waals surface area contributed by atoms with Crippen molar-refractivity contribution in [1.82, 2.24) is 14.8 Å². The molecule has 5 nitrogen and oxygen atoms in total. The van der Waals surface area contributed by atoms with Crippen LogP contribution in [0.1, 0.15) is 44.9 Å². The molecule has 2 rings (SSSR count). The predicted octanol–water partition coefficient (Wildman–Crippen LogP) is 1.04. The van der Waals surface area contributed by atoms with E-state index in [4.69, 9.17) is 5.73 Å². The third kappa shape index (κ3) is 2.44. The first-order valence-corrected chi connectivity index (χ1v) is 6.55. The number of aromatic amines is 1. The van der Waals surface area contributed by atoms with Gasteiger partial charge in [0, 0.05) is 13.0 Å². The quantitative estimate of drug-likeness (QED) is 0.823. The van der Waals surface area contributed by atoms with E-state index in [0.717, 1.165) is 25.1 Å². The lowest BCUT2D eigenvalue weighted by Gasteiger charge is -2.35. The molecule has 0 unspecified atom stereocenters. The van der Waals surface area contributed by atoms with Crippen LogP contribution in [0.5, 0.6) is 0 Å². The summed E-state index contributed by atoms with van der Waals surface area (Å²) < 4.78 is 1.71. The Morgan fingerprint density at radius 1 is 1.41 bits per heavy atom. The molecule has 0 atom stereocenters. The van der Waals surface area contributed by atoms with Crippen molar-refractivity contribution >= 4 is 0 Å². The number of nitrogens with one attached hydrogen (secondary N) is 1. The van der Waals surface area contributed by atoms with Gasteiger partial charge in [-0.3, -0.25) is 4.57 Å². The highest BCUT2D eigenvalue weighted by Crippen LogP contribution is 2.37. The molecule has 1 aromatic heterocycles. The standard InChI is InChI=1S/C12H22N4O/c1-2-16-10(14-15-11(16)17)8-12(9-13)6-4-3-5-7-12/h2-9,13H2,1H3,(H,15,17). The minimum Gasteiger partial charge on any atom is -0.330 e. The summed E-state index contributed by atoms with van der Waals surface area (Å²) in [6.45, 7) is 3.33. The average Bonchev–Trinajstić information content (AvgIpc) is 2.71. The van der Waals surface area contributed by atoms with Gasteiger partial charge in [-0.05, 0) is 31.7 Å². The van der Waals surface area contributed by atoms with Crippen molar-refractivity contribution < 1.29 is 0 Å². The van der Waals surface area contributed by atoms with E-state index in [2.05, 4.69) is 10.2 Å². The molecule has 1 fully saturated rings. The van der Waals surface area contributed by atoms with E-state index in [1.165, 1.54) is 19.3 Å². The van der Waals surface area contributed by atoms with Crippen molar-refractivity contribution in [1.29, 1.82) is 0 Å². The lowest BCUT2D eigenvalue weighted by molar-refractivity contribution is 0.191. The molecule has 1 aliphatic rings. The first-order valence-electron chi connectivity index (χ1n) is 6.55. The molecule has 1 heterocycles. The summed E-state index contributed by atoms with van der Waals surface area (Å²) in [7, 11) is 0. The summed E-state index contributed by atoms with van der Waals surface area (Å²) in [5.41, 5.74) is 6.02. The van der Waals surface area contributed by atoms with Gasteiger partial charge in [0.05, 0.1) is 0 Å². The molecule has 0 aromatic carbocycles. The summed E-state index contributed by atoms with van der Waals surface area (Å²) >= 11 is 0. The van der Waals surface area contributed by atoms with E-state index in [-0.39, 0.29) is 11.1 Å². The van der Waals surface area contributed by atoms with E-state index in [9.17, 15) is 4.79 Å². The molecule has 0 aliphatic heterocycles. The minimum absolute atomic E-state index is 0.106. The maximum atomic E-state index is 11.5. The molecule has 0 amide bonds.